The third-order valence-electron chi connectivity index (χ3n) is 4.56. The fourth-order valence-corrected chi connectivity index (χ4v) is 2.55. The minimum absolute atomic E-state index is 0.158. The Hall–Kier alpha value is -0.850. The standard InChI is InChI=1S/C16H34N4O2/c1-5-13(2)15(21)12-17-16(22)18-14-6-8-20(9-7-14)11-10-19(3)4/h13-15,21H,5-12H2,1-4H3,(H2,17,18,22). The maximum atomic E-state index is 11.9. The van der Waals surface area contributed by atoms with E-state index in [1.165, 1.54) is 0 Å². The van der Waals surface area contributed by atoms with Crippen LogP contribution >= 0.6 is 0 Å². The van der Waals surface area contributed by atoms with Gasteiger partial charge >= 0.3 is 6.03 Å². The van der Waals surface area contributed by atoms with E-state index < -0.39 is 6.10 Å². The van der Waals surface area contributed by atoms with Gasteiger partial charge < -0.3 is 25.5 Å². The molecular formula is C16H34N4O2. The second-order valence-corrected chi connectivity index (χ2v) is 6.73. The molecule has 1 rings (SSSR count). The van der Waals surface area contributed by atoms with E-state index in [2.05, 4.69) is 34.5 Å². The molecule has 0 aromatic rings. The highest BCUT2D eigenvalue weighted by Crippen LogP contribution is 2.10. The van der Waals surface area contributed by atoms with Gasteiger partial charge in [0.25, 0.3) is 0 Å². The predicted octanol–water partition coefficient (Wildman–Crippen LogP) is 0.719. The largest absolute Gasteiger partial charge is 0.391 e. The average molecular weight is 314 g/mol. The number of nitrogens with one attached hydrogen (secondary N) is 2. The maximum Gasteiger partial charge on any atom is 0.315 e. The number of hydrogen-bond acceptors (Lipinski definition) is 4. The van der Waals surface area contributed by atoms with Crippen LogP contribution in [-0.2, 0) is 0 Å². The Labute approximate surface area is 135 Å². The van der Waals surface area contributed by atoms with Gasteiger partial charge in [0.1, 0.15) is 0 Å². The van der Waals surface area contributed by atoms with E-state index in [-0.39, 0.29) is 18.0 Å². The Morgan fingerprint density at radius 1 is 1.36 bits per heavy atom. The molecule has 0 aromatic carbocycles. The van der Waals surface area contributed by atoms with Gasteiger partial charge in [-0.25, -0.2) is 4.79 Å². The summed E-state index contributed by atoms with van der Waals surface area (Å²) in [6.07, 6.45) is 2.43. The van der Waals surface area contributed by atoms with Crippen molar-refractivity contribution in [1.82, 2.24) is 20.4 Å². The van der Waals surface area contributed by atoms with Gasteiger partial charge in [-0.15, -0.1) is 0 Å². The molecule has 2 unspecified atom stereocenters. The molecule has 0 radical (unpaired) electrons. The number of likely N-dealkylation sites (tertiary alicyclic amines) is 1. The molecule has 6 nitrogen and oxygen atoms in total. The lowest BCUT2D eigenvalue weighted by Crippen LogP contribution is -2.50. The van der Waals surface area contributed by atoms with Gasteiger partial charge in [0, 0.05) is 38.8 Å². The van der Waals surface area contributed by atoms with Gasteiger partial charge in [0.05, 0.1) is 6.10 Å². The highest BCUT2D eigenvalue weighted by Gasteiger charge is 2.21. The van der Waals surface area contributed by atoms with Crippen LogP contribution in [0, 0.1) is 5.92 Å². The van der Waals surface area contributed by atoms with Crippen molar-refractivity contribution in [3.05, 3.63) is 0 Å². The number of carbonyl (C=O) groups excluding carboxylic acids is 1. The Balaban J connectivity index is 2.16. The van der Waals surface area contributed by atoms with Crippen LogP contribution in [0.5, 0.6) is 0 Å². The quantitative estimate of drug-likeness (QED) is 0.617. The number of rotatable bonds is 8. The zero-order valence-electron chi connectivity index (χ0n) is 14.6. The molecule has 0 aromatic heterocycles. The number of likely N-dealkylation sites (N-methyl/N-ethyl adjacent to an activating group) is 1. The van der Waals surface area contributed by atoms with Crippen LogP contribution in [0.3, 0.4) is 0 Å². The summed E-state index contributed by atoms with van der Waals surface area (Å²) in [5.41, 5.74) is 0. The minimum Gasteiger partial charge on any atom is -0.391 e. The summed E-state index contributed by atoms with van der Waals surface area (Å²) in [5.74, 6) is 0.209. The van der Waals surface area contributed by atoms with Crippen molar-refractivity contribution in [3.8, 4) is 0 Å². The second-order valence-electron chi connectivity index (χ2n) is 6.73. The summed E-state index contributed by atoms with van der Waals surface area (Å²) >= 11 is 0. The molecule has 130 valence electrons. The lowest BCUT2D eigenvalue weighted by atomic mass is 10.0. The van der Waals surface area contributed by atoms with E-state index >= 15 is 0 Å². The van der Waals surface area contributed by atoms with E-state index in [1.807, 2.05) is 13.8 Å². The van der Waals surface area contributed by atoms with Crippen molar-refractivity contribution in [1.29, 1.82) is 0 Å². The first-order chi connectivity index (χ1) is 10.4. The Morgan fingerprint density at radius 2 is 2.00 bits per heavy atom. The molecule has 1 aliphatic rings. The third kappa shape index (κ3) is 7.42. The third-order valence-corrected chi connectivity index (χ3v) is 4.56. The van der Waals surface area contributed by atoms with E-state index in [0.29, 0.717) is 6.54 Å². The molecule has 2 atom stereocenters. The van der Waals surface area contributed by atoms with Crippen LogP contribution in [-0.4, -0.2) is 79.9 Å². The summed E-state index contributed by atoms with van der Waals surface area (Å²) in [6, 6.07) is 0.0884. The summed E-state index contributed by atoms with van der Waals surface area (Å²) < 4.78 is 0. The van der Waals surface area contributed by atoms with Gasteiger partial charge in [0.15, 0.2) is 0 Å². The number of aliphatic hydroxyl groups excluding tert-OH is 1. The zero-order chi connectivity index (χ0) is 16.5. The monoisotopic (exact) mass is 314 g/mol. The predicted molar refractivity (Wildman–Crippen MR) is 90.0 cm³/mol. The highest BCUT2D eigenvalue weighted by molar-refractivity contribution is 5.74. The molecule has 0 saturated carbocycles. The summed E-state index contributed by atoms with van der Waals surface area (Å²) in [6.45, 7) is 8.59. The summed E-state index contributed by atoms with van der Waals surface area (Å²) in [7, 11) is 4.18. The van der Waals surface area contributed by atoms with Crippen LogP contribution in [0.4, 0.5) is 4.79 Å². The molecular weight excluding hydrogens is 280 g/mol. The van der Waals surface area contributed by atoms with Crippen molar-refractivity contribution in [2.75, 3.05) is 46.8 Å². The molecule has 6 heteroatoms. The van der Waals surface area contributed by atoms with Crippen LogP contribution < -0.4 is 10.6 Å². The molecule has 0 bridgehead atoms. The topological polar surface area (TPSA) is 67.8 Å². The van der Waals surface area contributed by atoms with Crippen molar-refractivity contribution in [2.45, 2.75) is 45.3 Å². The Bertz CT molecular complexity index is 317. The van der Waals surface area contributed by atoms with Crippen LogP contribution in [0.2, 0.25) is 0 Å². The van der Waals surface area contributed by atoms with Crippen LogP contribution in [0.25, 0.3) is 0 Å². The van der Waals surface area contributed by atoms with Crippen molar-refractivity contribution < 1.29 is 9.90 Å². The molecule has 0 aliphatic carbocycles. The van der Waals surface area contributed by atoms with Gasteiger partial charge in [-0.05, 0) is 32.9 Å². The first kappa shape index (κ1) is 19.2. The smallest absolute Gasteiger partial charge is 0.315 e. The summed E-state index contributed by atoms with van der Waals surface area (Å²) in [4.78, 5) is 16.5. The van der Waals surface area contributed by atoms with Crippen LogP contribution in [0.1, 0.15) is 33.1 Å². The van der Waals surface area contributed by atoms with E-state index in [4.69, 9.17) is 0 Å². The second kappa shape index (κ2) is 10.0. The van der Waals surface area contributed by atoms with E-state index in [1.54, 1.807) is 0 Å². The SMILES string of the molecule is CCC(C)C(O)CNC(=O)NC1CCN(CCN(C)C)CC1. The number of amides is 2. The molecule has 1 heterocycles. The van der Waals surface area contributed by atoms with Gasteiger partial charge in [-0.1, -0.05) is 20.3 Å². The highest BCUT2D eigenvalue weighted by atomic mass is 16.3. The Kier molecular flexibility index (Phi) is 8.75. The lowest BCUT2D eigenvalue weighted by molar-refractivity contribution is 0.114. The summed E-state index contributed by atoms with van der Waals surface area (Å²) in [5, 5.41) is 15.7. The van der Waals surface area contributed by atoms with Gasteiger partial charge in [0.2, 0.25) is 0 Å². The molecule has 22 heavy (non-hydrogen) atoms. The Morgan fingerprint density at radius 3 is 2.55 bits per heavy atom. The molecule has 1 fully saturated rings. The first-order valence-electron chi connectivity index (χ1n) is 8.51. The number of urea groups is 1. The maximum absolute atomic E-state index is 11.9. The molecule has 1 aliphatic heterocycles. The van der Waals surface area contributed by atoms with E-state index in [9.17, 15) is 9.90 Å². The first-order valence-corrected chi connectivity index (χ1v) is 8.51. The van der Waals surface area contributed by atoms with Crippen molar-refractivity contribution in [3.63, 3.8) is 0 Å². The molecule has 3 N–H and O–H groups in total. The molecule has 0 spiro atoms. The number of aliphatic hydroxyl groups is 1. The fraction of sp³-hybridized carbons (Fsp3) is 0.938. The zero-order valence-corrected chi connectivity index (χ0v) is 14.6. The number of carbonyl (C=O) groups is 1. The van der Waals surface area contributed by atoms with Gasteiger partial charge in [-0.2, -0.15) is 0 Å². The number of hydrogen-bond donors (Lipinski definition) is 3. The lowest BCUT2D eigenvalue weighted by Gasteiger charge is -2.33. The molecule has 1 saturated heterocycles. The molecule has 2 amide bonds. The van der Waals surface area contributed by atoms with Crippen molar-refractivity contribution >= 4 is 6.03 Å². The number of piperidine rings is 1. The fourth-order valence-electron chi connectivity index (χ4n) is 2.55. The van der Waals surface area contributed by atoms with E-state index in [0.717, 1.165) is 45.4 Å². The van der Waals surface area contributed by atoms with Gasteiger partial charge in [-0.3, -0.25) is 0 Å². The average Bonchev–Trinajstić information content (AvgIpc) is 2.51. The minimum atomic E-state index is -0.469. The van der Waals surface area contributed by atoms with Crippen LogP contribution in [0.15, 0.2) is 0 Å². The van der Waals surface area contributed by atoms with Crippen molar-refractivity contribution in [2.24, 2.45) is 5.92 Å². The number of nitrogens with zero attached hydrogens (tertiary/aromatic N) is 2. The normalized spacial score (nSPS) is 19.9.